The van der Waals surface area contributed by atoms with Crippen LogP contribution >= 0.6 is 0 Å². The van der Waals surface area contributed by atoms with Crippen molar-refractivity contribution in [3.05, 3.63) is 35.1 Å². The summed E-state index contributed by atoms with van der Waals surface area (Å²) in [6, 6.07) is 5.27. The standard InChI is InChI=1S/C12H19FN2/c1-9-7-12(13)4-3-11(9)5-6-15-10(2)8-14/h3-4,7,10,15H,5-6,8,14H2,1-2H3. The molecule has 0 heterocycles. The Morgan fingerprint density at radius 2 is 2.20 bits per heavy atom. The van der Waals surface area contributed by atoms with E-state index in [2.05, 4.69) is 12.2 Å². The molecule has 0 aliphatic carbocycles. The second-order valence-electron chi connectivity index (χ2n) is 3.91. The van der Waals surface area contributed by atoms with Gasteiger partial charge in [-0.15, -0.1) is 0 Å². The number of hydrogen-bond donors (Lipinski definition) is 2. The Hall–Kier alpha value is -0.930. The van der Waals surface area contributed by atoms with Crippen LogP contribution in [0.5, 0.6) is 0 Å². The monoisotopic (exact) mass is 210 g/mol. The van der Waals surface area contributed by atoms with Gasteiger partial charge >= 0.3 is 0 Å². The third-order valence-corrected chi connectivity index (χ3v) is 2.55. The summed E-state index contributed by atoms with van der Waals surface area (Å²) in [7, 11) is 0. The van der Waals surface area contributed by atoms with Gasteiger partial charge < -0.3 is 11.1 Å². The summed E-state index contributed by atoms with van der Waals surface area (Å²) >= 11 is 0. The zero-order valence-electron chi connectivity index (χ0n) is 9.39. The number of hydrogen-bond acceptors (Lipinski definition) is 2. The van der Waals surface area contributed by atoms with Crippen molar-refractivity contribution >= 4 is 0 Å². The lowest BCUT2D eigenvalue weighted by molar-refractivity contribution is 0.558. The molecule has 3 heteroatoms. The molecule has 3 N–H and O–H groups in total. The van der Waals surface area contributed by atoms with Crippen LogP contribution < -0.4 is 11.1 Å². The van der Waals surface area contributed by atoms with Gasteiger partial charge in [0.05, 0.1) is 0 Å². The van der Waals surface area contributed by atoms with Gasteiger partial charge in [0, 0.05) is 12.6 Å². The van der Waals surface area contributed by atoms with Crippen LogP contribution in [-0.2, 0) is 6.42 Å². The number of aryl methyl sites for hydroxylation is 1. The lowest BCUT2D eigenvalue weighted by Gasteiger charge is -2.11. The van der Waals surface area contributed by atoms with Gasteiger partial charge in [-0.1, -0.05) is 6.07 Å². The average Bonchev–Trinajstić information content (AvgIpc) is 2.21. The minimum absolute atomic E-state index is 0.167. The lowest BCUT2D eigenvalue weighted by atomic mass is 10.1. The van der Waals surface area contributed by atoms with Crippen molar-refractivity contribution in [2.75, 3.05) is 13.1 Å². The maximum atomic E-state index is 12.8. The molecule has 15 heavy (non-hydrogen) atoms. The topological polar surface area (TPSA) is 38.0 Å². The first-order chi connectivity index (χ1) is 7.13. The Balaban J connectivity index is 2.44. The van der Waals surface area contributed by atoms with Gasteiger partial charge in [-0.3, -0.25) is 0 Å². The molecule has 1 atom stereocenters. The summed E-state index contributed by atoms with van der Waals surface area (Å²) in [4.78, 5) is 0. The van der Waals surface area contributed by atoms with Gasteiger partial charge in [0.1, 0.15) is 5.82 Å². The molecular weight excluding hydrogens is 191 g/mol. The summed E-state index contributed by atoms with van der Waals surface area (Å²) in [5.74, 6) is -0.167. The van der Waals surface area contributed by atoms with Crippen molar-refractivity contribution in [3.8, 4) is 0 Å². The molecule has 1 rings (SSSR count). The van der Waals surface area contributed by atoms with Crippen LogP contribution in [0.25, 0.3) is 0 Å². The van der Waals surface area contributed by atoms with Crippen LogP contribution in [0, 0.1) is 12.7 Å². The van der Waals surface area contributed by atoms with E-state index in [-0.39, 0.29) is 5.82 Å². The van der Waals surface area contributed by atoms with Gasteiger partial charge in [-0.05, 0) is 50.1 Å². The van der Waals surface area contributed by atoms with Crippen molar-refractivity contribution in [1.29, 1.82) is 0 Å². The molecule has 1 aromatic carbocycles. The molecule has 0 aliphatic heterocycles. The highest BCUT2D eigenvalue weighted by Gasteiger charge is 2.01. The molecule has 2 nitrogen and oxygen atoms in total. The van der Waals surface area contributed by atoms with Crippen molar-refractivity contribution in [2.45, 2.75) is 26.3 Å². The van der Waals surface area contributed by atoms with Gasteiger partial charge in [0.25, 0.3) is 0 Å². The summed E-state index contributed by atoms with van der Waals surface area (Å²) in [5, 5.41) is 3.30. The Bertz CT molecular complexity index is 312. The van der Waals surface area contributed by atoms with Crippen LogP contribution in [0.15, 0.2) is 18.2 Å². The van der Waals surface area contributed by atoms with E-state index in [1.807, 2.05) is 13.0 Å². The predicted octanol–water partition coefficient (Wildman–Crippen LogP) is 1.61. The van der Waals surface area contributed by atoms with Crippen molar-refractivity contribution < 1.29 is 4.39 Å². The molecule has 0 bridgehead atoms. The molecule has 0 saturated carbocycles. The highest BCUT2D eigenvalue weighted by molar-refractivity contribution is 5.26. The lowest BCUT2D eigenvalue weighted by Crippen LogP contribution is -2.34. The first-order valence-electron chi connectivity index (χ1n) is 5.32. The maximum absolute atomic E-state index is 12.8. The molecule has 0 saturated heterocycles. The summed E-state index contributed by atoms with van der Waals surface area (Å²) < 4.78 is 12.8. The quantitative estimate of drug-likeness (QED) is 0.775. The van der Waals surface area contributed by atoms with E-state index in [1.165, 1.54) is 11.6 Å². The Morgan fingerprint density at radius 3 is 2.80 bits per heavy atom. The minimum Gasteiger partial charge on any atom is -0.329 e. The Kier molecular flexibility index (Phi) is 4.72. The summed E-state index contributed by atoms with van der Waals surface area (Å²) in [6.07, 6.45) is 0.913. The molecule has 0 spiro atoms. The number of nitrogens with two attached hydrogens (primary N) is 1. The van der Waals surface area contributed by atoms with Crippen LogP contribution in [0.4, 0.5) is 4.39 Å². The van der Waals surface area contributed by atoms with E-state index in [0.29, 0.717) is 12.6 Å². The van der Waals surface area contributed by atoms with Crippen LogP contribution in [0.2, 0.25) is 0 Å². The molecule has 1 aromatic rings. The first-order valence-corrected chi connectivity index (χ1v) is 5.32. The van der Waals surface area contributed by atoms with Crippen LogP contribution in [0.1, 0.15) is 18.1 Å². The third-order valence-electron chi connectivity index (χ3n) is 2.55. The van der Waals surface area contributed by atoms with Crippen LogP contribution in [-0.4, -0.2) is 19.1 Å². The smallest absolute Gasteiger partial charge is 0.123 e. The van der Waals surface area contributed by atoms with Crippen molar-refractivity contribution in [3.63, 3.8) is 0 Å². The molecule has 0 radical (unpaired) electrons. The maximum Gasteiger partial charge on any atom is 0.123 e. The van der Waals surface area contributed by atoms with Gasteiger partial charge in [0.2, 0.25) is 0 Å². The zero-order chi connectivity index (χ0) is 11.3. The van der Waals surface area contributed by atoms with E-state index in [1.54, 1.807) is 6.07 Å². The summed E-state index contributed by atoms with van der Waals surface area (Å²) in [5.41, 5.74) is 7.69. The van der Waals surface area contributed by atoms with Gasteiger partial charge in [-0.2, -0.15) is 0 Å². The largest absolute Gasteiger partial charge is 0.329 e. The molecular formula is C12H19FN2. The fourth-order valence-corrected chi connectivity index (χ4v) is 1.48. The van der Waals surface area contributed by atoms with E-state index >= 15 is 0 Å². The zero-order valence-corrected chi connectivity index (χ0v) is 9.39. The van der Waals surface area contributed by atoms with Gasteiger partial charge in [0.15, 0.2) is 0 Å². The van der Waals surface area contributed by atoms with E-state index in [0.717, 1.165) is 18.5 Å². The molecule has 0 fully saturated rings. The number of benzene rings is 1. The molecule has 84 valence electrons. The van der Waals surface area contributed by atoms with Crippen LogP contribution in [0.3, 0.4) is 0 Å². The first kappa shape index (κ1) is 12.1. The number of rotatable bonds is 5. The second-order valence-corrected chi connectivity index (χ2v) is 3.91. The Morgan fingerprint density at radius 1 is 1.47 bits per heavy atom. The fourth-order valence-electron chi connectivity index (χ4n) is 1.48. The average molecular weight is 210 g/mol. The van der Waals surface area contributed by atoms with E-state index in [4.69, 9.17) is 5.73 Å². The fraction of sp³-hybridized carbons (Fsp3) is 0.500. The highest BCUT2D eigenvalue weighted by Crippen LogP contribution is 2.10. The predicted molar refractivity (Wildman–Crippen MR) is 61.4 cm³/mol. The second kappa shape index (κ2) is 5.83. The molecule has 0 amide bonds. The van der Waals surface area contributed by atoms with Crippen molar-refractivity contribution in [1.82, 2.24) is 5.32 Å². The minimum atomic E-state index is -0.167. The molecule has 1 unspecified atom stereocenters. The molecule has 0 aromatic heterocycles. The highest BCUT2D eigenvalue weighted by atomic mass is 19.1. The van der Waals surface area contributed by atoms with E-state index < -0.39 is 0 Å². The van der Waals surface area contributed by atoms with Gasteiger partial charge in [-0.25, -0.2) is 4.39 Å². The third kappa shape index (κ3) is 3.98. The normalized spacial score (nSPS) is 12.8. The summed E-state index contributed by atoms with van der Waals surface area (Å²) in [6.45, 7) is 5.51. The van der Waals surface area contributed by atoms with Crippen molar-refractivity contribution in [2.24, 2.45) is 5.73 Å². The molecule has 0 aliphatic rings. The SMILES string of the molecule is Cc1cc(F)ccc1CCNC(C)CN. The number of halogens is 1. The van der Waals surface area contributed by atoms with E-state index in [9.17, 15) is 4.39 Å². The Labute approximate surface area is 90.7 Å². The number of nitrogens with one attached hydrogen (secondary N) is 1.